The van der Waals surface area contributed by atoms with E-state index in [1.165, 1.54) is 25.3 Å². The van der Waals surface area contributed by atoms with E-state index in [4.69, 9.17) is 16.3 Å². The van der Waals surface area contributed by atoms with Crippen molar-refractivity contribution >= 4 is 40.1 Å². The Morgan fingerprint density at radius 2 is 2.00 bits per heavy atom. The number of aromatic nitrogens is 1. The van der Waals surface area contributed by atoms with E-state index in [0.717, 1.165) is 11.6 Å². The van der Waals surface area contributed by atoms with Crippen LogP contribution in [0.2, 0.25) is 5.02 Å². The van der Waals surface area contributed by atoms with Crippen LogP contribution in [0.15, 0.2) is 48.7 Å². The van der Waals surface area contributed by atoms with Gasteiger partial charge in [-0.1, -0.05) is 29.8 Å². The molecule has 0 bridgehead atoms. The minimum absolute atomic E-state index is 0.110. The molecule has 0 saturated heterocycles. The number of halogens is 2. The van der Waals surface area contributed by atoms with Crippen molar-refractivity contribution in [1.82, 2.24) is 4.98 Å². The molecular formula is C18H14ClFN2O3. The zero-order valence-corrected chi connectivity index (χ0v) is 13.9. The number of aromatic amines is 1. The van der Waals surface area contributed by atoms with Crippen molar-refractivity contribution in [1.29, 1.82) is 0 Å². The van der Waals surface area contributed by atoms with Gasteiger partial charge in [-0.2, -0.15) is 0 Å². The first-order valence-electron chi connectivity index (χ1n) is 7.48. The van der Waals surface area contributed by atoms with E-state index in [9.17, 15) is 14.0 Å². The zero-order valence-electron chi connectivity index (χ0n) is 13.2. The Morgan fingerprint density at radius 3 is 2.76 bits per heavy atom. The van der Waals surface area contributed by atoms with Crippen molar-refractivity contribution in [3.8, 4) is 0 Å². The highest BCUT2D eigenvalue weighted by molar-refractivity contribution is 6.31. The normalized spacial score (nSPS) is 12.0. The Hall–Kier alpha value is -2.86. The third kappa shape index (κ3) is 3.64. The van der Waals surface area contributed by atoms with Crippen LogP contribution in [-0.2, 0) is 9.53 Å². The van der Waals surface area contributed by atoms with Crippen LogP contribution in [-0.4, -0.2) is 23.0 Å². The maximum atomic E-state index is 13.1. The van der Waals surface area contributed by atoms with Gasteiger partial charge in [-0.25, -0.2) is 9.18 Å². The van der Waals surface area contributed by atoms with Crippen LogP contribution in [0, 0.1) is 5.82 Å². The van der Waals surface area contributed by atoms with Gasteiger partial charge >= 0.3 is 5.97 Å². The van der Waals surface area contributed by atoms with Crippen LogP contribution in [0.25, 0.3) is 10.9 Å². The van der Waals surface area contributed by atoms with Gasteiger partial charge in [-0.05, 0) is 31.2 Å². The van der Waals surface area contributed by atoms with Gasteiger partial charge in [0.2, 0.25) is 0 Å². The predicted molar refractivity (Wildman–Crippen MR) is 93.2 cm³/mol. The number of fused-ring (bicyclic) bond motifs is 1. The molecule has 1 heterocycles. The molecule has 0 spiro atoms. The Labute approximate surface area is 147 Å². The van der Waals surface area contributed by atoms with E-state index in [-0.39, 0.29) is 5.02 Å². The summed E-state index contributed by atoms with van der Waals surface area (Å²) in [6.07, 6.45) is 0.502. The molecule has 128 valence electrons. The van der Waals surface area contributed by atoms with Crippen LogP contribution in [0.4, 0.5) is 10.1 Å². The summed E-state index contributed by atoms with van der Waals surface area (Å²) >= 11 is 5.67. The van der Waals surface area contributed by atoms with Gasteiger partial charge in [0.1, 0.15) is 5.82 Å². The number of H-pyrrole nitrogens is 1. The molecule has 0 unspecified atom stereocenters. The summed E-state index contributed by atoms with van der Waals surface area (Å²) in [6, 6.07) is 11.1. The Morgan fingerprint density at radius 1 is 1.24 bits per heavy atom. The maximum Gasteiger partial charge on any atom is 0.341 e. The van der Waals surface area contributed by atoms with Crippen molar-refractivity contribution < 1.29 is 18.7 Å². The van der Waals surface area contributed by atoms with Crippen LogP contribution >= 0.6 is 11.6 Å². The molecule has 2 N–H and O–H groups in total. The minimum Gasteiger partial charge on any atom is -0.449 e. The second-order valence-electron chi connectivity index (χ2n) is 5.41. The Kier molecular flexibility index (Phi) is 4.72. The molecule has 2 aromatic carbocycles. The van der Waals surface area contributed by atoms with Crippen LogP contribution in [0.5, 0.6) is 0 Å². The molecule has 25 heavy (non-hydrogen) atoms. The number of carbonyl (C=O) groups excluding carboxylic acids is 2. The second-order valence-corrected chi connectivity index (χ2v) is 5.82. The summed E-state index contributed by atoms with van der Waals surface area (Å²) in [4.78, 5) is 27.4. The average Bonchev–Trinajstić information content (AvgIpc) is 3.02. The maximum absolute atomic E-state index is 13.1. The lowest BCUT2D eigenvalue weighted by Crippen LogP contribution is -2.30. The lowest BCUT2D eigenvalue weighted by molar-refractivity contribution is -0.123. The smallest absolute Gasteiger partial charge is 0.341 e. The van der Waals surface area contributed by atoms with Gasteiger partial charge in [0.25, 0.3) is 5.91 Å². The van der Waals surface area contributed by atoms with E-state index in [0.29, 0.717) is 16.6 Å². The van der Waals surface area contributed by atoms with Crippen LogP contribution in [0.3, 0.4) is 0 Å². The SMILES string of the molecule is C[C@H](OC(=O)c1c[nH]c2ccccc12)C(=O)Nc1ccc(F)c(Cl)c1. The molecule has 3 rings (SSSR count). The third-order valence-electron chi connectivity index (χ3n) is 3.65. The number of para-hydroxylation sites is 1. The Balaban J connectivity index is 1.68. The summed E-state index contributed by atoms with van der Waals surface area (Å²) in [5, 5.41) is 3.13. The first-order chi connectivity index (χ1) is 12.0. The van der Waals surface area contributed by atoms with Crippen LogP contribution in [0.1, 0.15) is 17.3 Å². The van der Waals surface area contributed by atoms with Crippen molar-refractivity contribution in [2.24, 2.45) is 0 Å². The summed E-state index contributed by atoms with van der Waals surface area (Å²) in [5.41, 5.74) is 1.46. The molecule has 0 fully saturated rings. The monoisotopic (exact) mass is 360 g/mol. The molecule has 5 nitrogen and oxygen atoms in total. The van der Waals surface area contributed by atoms with Gasteiger partial charge in [-0.15, -0.1) is 0 Å². The topological polar surface area (TPSA) is 71.2 Å². The van der Waals surface area contributed by atoms with Crippen molar-refractivity contribution in [3.05, 3.63) is 65.1 Å². The molecular weight excluding hydrogens is 347 g/mol. The van der Waals surface area contributed by atoms with E-state index in [2.05, 4.69) is 10.3 Å². The van der Waals surface area contributed by atoms with E-state index >= 15 is 0 Å². The first-order valence-corrected chi connectivity index (χ1v) is 7.86. The number of anilines is 1. The third-order valence-corrected chi connectivity index (χ3v) is 3.94. The van der Waals surface area contributed by atoms with Crippen molar-refractivity contribution in [3.63, 3.8) is 0 Å². The number of ether oxygens (including phenoxy) is 1. The van der Waals surface area contributed by atoms with Crippen molar-refractivity contribution in [2.75, 3.05) is 5.32 Å². The molecule has 0 aliphatic rings. The zero-order chi connectivity index (χ0) is 18.0. The van der Waals surface area contributed by atoms with E-state index in [1.807, 2.05) is 12.1 Å². The number of nitrogens with one attached hydrogen (secondary N) is 2. The van der Waals surface area contributed by atoms with E-state index < -0.39 is 23.8 Å². The van der Waals surface area contributed by atoms with Gasteiger partial charge in [0.15, 0.2) is 6.10 Å². The summed E-state index contributed by atoms with van der Waals surface area (Å²) in [7, 11) is 0. The fourth-order valence-electron chi connectivity index (χ4n) is 2.34. The first kappa shape index (κ1) is 17.0. The number of esters is 1. The van der Waals surface area contributed by atoms with Gasteiger partial charge in [-0.3, -0.25) is 4.79 Å². The van der Waals surface area contributed by atoms with Gasteiger partial charge < -0.3 is 15.0 Å². The quantitative estimate of drug-likeness (QED) is 0.687. The fourth-order valence-corrected chi connectivity index (χ4v) is 2.52. The molecule has 0 aliphatic carbocycles. The molecule has 0 saturated carbocycles. The molecule has 0 aliphatic heterocycles. The second kappa shape index (κ2) is 6.94. The highest BCUT2D eigenvalue weighted by atomic mass is 35.5. The number of benzene rings is 2. The average molecular weight is 361 g/mol. The number of carbonyl (C=O) groups is 2. The molecule has 0 radical (unpaired) electrons. The summed E-state index contributed by atoms with van der Waals surface area (Å²) < 4.78 is 18.3. The molecule has 1 aromatic heterocycles. The highest BCUT2D eigenvalue weighted by Crippen LogP contribution is 2.21. The number of amides is 1. The van der Waals surface area contributed by atoms with E-state index in [1.54, 1.807) is 12.1 Å². The minimum atomic E-state index is -1.04. The number of rotatable bonds is 4. The number of hydrogen-bond donors (Lipinski definition) is 2. The largest absolute Gasteiger partial charge is 0.449 e. The predicted octanol–water partition coefficient (Wildman–Crippen LogP) is 4.14. The molecule has 3 aromatic rings. The standard InChI is InChI=1S/C18H14ClFN2O3/c1-10(17(23)22-11-6-7-15(20)14(19)8-11)25-18(24)13-9-21-16-5-3-2-4-12(13)16/h2-10,21H,1H3,(H,22,23)/t10-/m0/s1. The molecule has 1 amide bonds. The Bertz CT molecular complexity index is 954. The van der Waals surface area contributed by atoms with Crippen molar-refractivity contribution in [2.45, 2.75) is 13.0 Å². The number of hydrogen-bond acceptors (Lipinski definition) is 3. The fraction of sp³-hybridized carbons (Fsp3) is 0.111. The molecule has 7 heteroatoms. The molecule has 1 atom stereocenters. The lowest BCUT2D eigenvalue weighted by Gasteiger charge is -2.13. The summed E-state index contributed by atoms with van der Waals surface area (Å²) in [5.74, 6) is -1.74. The lowest BCUT2D eigenvalue weighted by atomic mass is 10.2. The van der Waals surface area contributed by atoms with Gasteiger partial charge in [0, 0.05) is 22.8 Å². The highest BCUT2D eigenvalue weighted by Gasteiger charge is 2.21. The van der Waals surface area contributed by atoms with Crippen LogP contribution < -0.4 is 5.32 Å². The van der Waals surface area contributed by atoms with Gasteiger partial charge in [0.05, 0.1) is 10.6 Å². The summed E-state index contributed by atoms with van der Waals surface area (Å²) in [6.45, 7) is 1.45.